The molecule has 1 aromatic carbocycles. The predicted molar refractivity (Wildman–Crippen MR) is 103 cm³/mol. The van der Waals surface area contributed by atoms with E-state index in [1.54, 1.807) is 45.0 Å². The van der Waals surface area contributed by atoms with Crippen LogP contribution in [-0.4, -0.2) is 29.3 Å². The number of ether oxygens (including phenoxy) is 1. The minimum atomic E-state index is -0.843. The Kier molecular flexibility index (Phi) is 6.57. The molecule has 0 aliphatic carbocycles. The Labute approximate surface area is 166 Å². The van der Waals surface area contributed by atoms with Crippen molar-refractivity contribution in [1.82, 2.24) is 4.98 Å². The van der Waals surface area contributed by atoms with Crippen LogP contribution in [0.15, 0.2) is 36.4 Å². The van der Waals surface area contributed by atoms with Crippen molar-refractivity contribution in [1.29, 1.82) is 0 Å². The number of rotatable bonds is 5. The predicted octanol–water partition coefficient (Wildman–Crippen LogP) is 4.41. The molecule has 2 aromatic rings. The second-order valence-electron chi connectivity index (χ2n) is 6.75. The number of ketones is 1. The summed E-state index contributed by atoms with van der Waals surface area (Å²) < 4.78 is 4.96. The normalized spacial score (nSPS) is 11.0. The van der Waals surface area contributed by atoms with Crippen molar-refractivity contribution in [2.75, 3.05) is 11.9 Å². The molecule has 0 radical (unpaired) electrons. The number of benzene rings is 1. The van der Waals surface area contributed by atoms with Crippen LogP contribution in [0.5, 0.6) is 0 Å². The molecule has 0 spiro atoms. The third-order valence-electron chi connectivity index (χ3n) is 3.49. The van der Waals surface area contributed by atoms with E-state index in [0.717, 1.165) is 0 Å². The van der Waals surface area contributed by atoms with Crippen molar-refractivity contribution in [3.63, 3.8) is 0 Å². The molecule has 0 saturated heterocycles. The van der Waals surface area contributed by atoms with Crippen molar-refractivity contribution in [3.05, 3.63) is 57.8 Å². The number of hydrogen-bond donors (Lipinski definition) is 1. The summed E-state index contributed by atoms with van der Waals surface area (Å²) in [5, 5.41) is 2.93. The lowest BCUT2D eigenvalue weighted by atomic mass is 9.95. The first kappa shape index (κ1) is 20.9. The van der Waals surface area contributed by atoms with E-state index < -0.39 is 23.8 Å². The first-order chi connectivity index (χ1) is 12.6. The molecule has 27 heavy (non-hydrogen) atoms. The lowest BCUT2D eigenvalue weighted by Crippen LogP contribution is -2.27. The number of nitrogens with zero attached hydrogens (tertiary/aromatic N) is 1. The summed E-state index contributed by atoms with van der Waals surface area (Å²) in [5.74, 6) is -1.39. The number of esters is 1. The number of halogens is 2. The lowest BCUT2D eigenvalue weighted by Gasteiger charge is -2.17. The summed E-state index contributed by atoms with van der Waals surface area (Å²) in [6.45, 7) is 4.93. The van der Waals surface area contributed by atoms with Gasteiger partial charge in [-0.15, -0.1) is 0 Å². The molecule has 1 aromatic heterocycles. The average Bonchev–Trinajstić information content (AvgIpc) is 2.61. The zero-order chi connectivity index (χ0) is 20.2. The standard InChI is InChI=1S/C19H18Cl2N2O4/c1-19(2,3)18(26)22-12-6-4-11(5-7-12)14(24)10-27-17(25)16-13(20)8-9-15(21)23-16/h4-9H,10H2,1-3H3,(H,22,26). The Balaban J connectivity index is 1.97. The van der Waals surface area contributed by atoms with E-state index >= 15 is 0 Å². The van der Waals surface area contributed by atoms with Gasteiger partial charge >= 0.3 is 5.97 Å². The van der Waals surface area contributed by atoms with E-state index in [2.05, 4.69) is 10.3 Å². The Morgan fingerprint density at radius 2 is 1.67 bits per heavy atom. The highest BCUT2D eigenvalue weighted by Gasteiger charge is 2.21. The first-order valence-corrected chi connectivity index (χ1v) is 8.77. The summed E-state index contributed by atoms with van der Waals surface area (Å²) in [5.41, 5.74) is 0.218. The van der Waals surface area contributed by atoms with Gasteiger partial charge in [0.1, 0.15) is 5.15 Å². The summed E-state index contributed by atoms with van der Waals surface area (Å²) in [6.07, 6.45) is 0. The number of carbonyl (C=O) groups excluding carboxylic acids is 3. The second-order valence-corrected chi connectivity index (χ2v) is 7.54. The number of carbonyl (C=O) groups is 3. The minimum Gasteiger partial charge on any atom is -0.453 e. The lowest BCUT2D eigenvalue weighted by molar-refractivity contribution is -0.123. The van der Waals surface area contributed by atoms with Gasteiger partial charge in [0.15, 0.2) is 18.1 Å². The van der Waals surface area contributed by atoms with Crippen LogP contribution in [0.2, 0.25) is 10.2 Å². The molecule has 2 rings (SSSR count). The second kappa shape index (κ2) is 8.50. The number of Topliss-reactive ketones (excluding diaryl/α,β-unsaturated/α-hetero) is 1. The van der Waals surface area contributed by atoms with Gasteiger partial charge < -0.3 is 10.1 Å². The number of amides is 1. The molecule has 0 atom stereocenters. The van der Waals surface area contributed by atoms with Crippen molar-refractivity contribution < 1.29 is 19.1 Å². The Hall–Kier alpha value is -2.44. The molecular formula is C19H18Cl2N2O4. The van der Waals surface area contributed by atoms with Gasteiger partial charge in [-0.1, -0.05) is 44.0 Å². The summed E-state index contributed by atoms with van der Waals surface area (Å²) in [4.78, 5) is 39.9. The molecule has 1 heterocycles. The largest absolute Gasteiger partial charge is 0.453 e. The van der Waals surface area contributed by atoms with E-state index in [1.165, 1.54) is 12.1 Å². The molecule has 0 aliphatic heterocycles. The highest BCUT2D eigenvalue weighted by atomic mass is 35.5. The van der Waals surface area contributed by atoms with Crippen LogP contribution in [0.3, 0.4) is 0 Å². The number of hydrogen-bond acceptors (Lipinski definition) is 5. The molecule has 0 aliphatic rings. The highest BCUT2D eigenvalue weighted by Crippen LogP contribution is 2.19. The van der Waals surface area contributed by atoms with Crippen molar-refractivity contribution in [2.45, 2.75) is 20.8 Å². The van der Waals surface area contributed by atoms with Gasteiger partial charge in [-0.3, -0.25) is 9.59 Å². The van der Waals surface area contributed by atoms with E-state index in [4.69, 9.17) is 27.9 Å². The molecule has 6 nitrogen and oxygen atoms in total. The first-order valence-electron chi connectivity index (χ1n) is 8.02. The van der Waals surface area contributed by atoms with Gasteiger partial charge in [-0.05, 0) is 36.4 Å². The summed E-state index contributed by atoms with van der Waals surface area (Å²) in [7, 11) is 0. The van der Waals surface area contributed by atoms with Crippen molar-refractivity contribution in [3.8, 4) is 0 Å². The minimum absolute atomic E-state index is 0.0794. The number of aromatic nitrogens is 1. The van der Waals surface area contributed by atoms with Gasteiger partial charge in [0.2, 0.25) is 5.91 Å². The van der Waals surface area contributed by atoms with Crippen LogP contribution in [-0.2, 0) is 9.53 Å². The number of nitrogens with one attached hydrogen (secondary N) is 1. The Bertz CT molecular complexity index is 874. The molecule has 1 amide bonds. The van der Waals surface area contributed by atoms with E-state index in [1.807, 2.05) is 0 Å². The fourth-order valence-corrected chi connectivity index (χ4v) is 2.23. The maximum absolute atomic E-state index is 12.2. The topological polar surface area (TPSA) is 85.4 Å². The quantitative estimate of drug-likeness (QED) is 0.449. The monoisotopic (exact) mass is 408 g/mol. The molecule has 0 fully saturated rings. The Morgan fingerprint density at radius 3 is 2.26 bits per heavy atom. The fourth-order valence-electron chi connectivity index (χ4n) is 1.90. The summed E-state index contributed by atoms with van der Waals surface area (Å²) >= 11 is 11.6. The van der Waals surface area contributed by atoms with Crippen LogP contribution in [0.25, 0.3) is 0 Å². The van der Waals surface area contributed by atoms with Gasteiger partial charge in [0.25, 0.3) is 0 Å². The van der Waals surface area contributed by atoms with Gasteiger partial charge in [0, 0.05) is 16.7 Å². The van der Waals surface area contributed by atoms with Crippen LogP contribution in [0.4, 0.5) is 5.69 Å². The molecule has 142 valence electrons. The van der Waals surface area contributed by atoms with Crippen molar-refractivity contribution >= 4 is 46.5 Å². The van der Waals surface area contributed by atoms with Crippen LogP contribution >= 0.6 is 23.2 Å². The van der Waals surface area contributed by atoms with E-state index in [-0.39, 0.29) is 21.8 Å². The molecule has 0 saturated carbocycles. The van der Waals surface area contributed by atoms with Gasteiger partial charge in [-0.2, -0.15) is 0 Å². The van der Waals surface area contributed by atoms with Gasteiger partial charge in [0.05, 0.1) is 5.02 Å². The fraction of sp³-hybridized carbons (Fsp3) is 0.263. The number of anilines is 1. The Morgan fingerprint density at radius 1 is 1.04 bits per heavy atom. The van der Waals surface area contributed by atoms with Gasteiger partial charge in [-0.25, -0.2) is 9.78 Å². The van der Waals surface area contributed by atoms with Crippen LogP contribution in [0.1, 0.15) is 41.6 Å². The molecule has 0 unspecified atom stereocenters. The highest BCUT2D eigenvalue weighted by molar-refractivity contribution is 6.34. The molecule has 1 N–H and O–H groups in total. The molecule has 8 heteroatoms. The van der Waals surface area contributed by atoms with E-state index in [0.29, 0.717) is 11.3 Å². The third kappa shape index (κ3) is 5.77. The number of pyridine rings is 1. The maximum atomic E-state index is 12.2. The third-order valence-corrected chi connectivity index (χ3v) is 4.00. The smallest absolute Gasteiger partial charge is 0.359 e. The zero-order valence-electron chi connectivity index (χ0n) is 15.0. The van der Waals surface area contributed by atoms with Crippen molar-refractivity contribution in [2.24, 2.45) is 5.41 Å². The van der Waals surface area contributed by atoms with Crippen LogP contribution < -0.4 is 5.32 Å². The molecule has 0 bridgehead atoms. The van der Waals surface area contributed by atoms with E-state index in [9.17, 15) is 14.4 Å². The SMILES string of the molecule is CC(C)(C)C(=O)Nc1ccc(C(=O)COC(=O)c2nc(Cl)ccc2Cl)cc1. The maximum Gasteiger partial charge on any atom is 0.359 e. The van der Waals surface area contributed by atoms with Crippen LogP contribution in [0, 0.1) is 5.41 Å². The summed E-state index contributed by atoms with van der Waals surface area (Å²) in [6, 6.07) is 9.14. The zero-order valence-corrected chi connectivity index (χ0v) is 16.5. The average molecular weight is 409 g/mol. The molecular weight excluding hydrogens is 391 g/mol.